The SMILES string of the molecule is COc1ccccc1N=Nc1ncc[nH]1. The lowest BCUT2D eigenvalue weighted by molar-refractivity contribution is 0.416. The third-order valence-electron chi connectivity index (χ3n) is 1.82. The van der Waals surface area contributed by atoms with Gasteiger partial charge in [0.05, 0.1) is 7.11 Å². The van der Waals surface area contributed by atoms with Crippen LogP contribution in [0.5, 0.6) is 5.75 Å². The molecule has 0 atom stereocenters. The predicted octanol–water partition coefficient (Wildman–Crippen LogP) is 2.83. The Bertz CT molecular complexity index is 450. The van der Waals surface area contributed by atoms with Crippen molar-refractivity contribution in [1.82, 2.24) is 9.97 Å². The van der Waals surface area contributed by atoms with Crippen LogP contribution < -0.4 is 4.74 Å². The molecule has 1 N–H and O–H groups in total. The van der Waals surface area contributed by atoms with Crippen LogP contribution in [0.2, 0.25) is 0 Å². The molecule has 0 saturated carbocycles. The van der Waals surface area contributed by atoms with Crippen molar-refractivity contribution in [1.29, 1.82) is 0 Å². The fraction of sp³-hybridized carbons (Fsp3) is 0.100. The van der Waals surface area contributed by atoms with E-state index in [1.54, 1.807) is 19.5 Å². The lowest BCUT2D eigenvalue weighted by Gasteiger charge is -2.00. The molecule has 1 aromatic carbocycles. The normalized spacial score (nSPS) is 10.7. The molecule has 1 heterocycles. The van der Waals surface area contributed by atoms with Crippen molar-refractivity contribution in [3.63, 3.8) is 0 Å². The Hall–Kier alpha value is -2.17. The highest BCUT2D eigenvalue weighted by molar-refractivity contribution is 5.50. The molecule has 15 heavy (non-hydrogen) atoms. The minimum atomic E-state index is 0.473. The Balaban J connectivity index is 2.24. The van der Waals surface area contributed by atoms with Crippen molar-refractivity contribution >= 4 is 11.6 Å². The number of methoxy groups -OCH3 is 1. The number of azo groups is 1. The second kappa shape index (κ2) is 4.36. The van der Waals surface area contributed by atoms with Crippen LogP contribution >= 0.6 is 0 Å². The van der Waals surface area contributed by atoms with Gasteiger partial charge in [-0.3, -0.25) is 0 Å². The molecule has 0 spiro atoms. The average Bonchev–Trinajstić information content (AvgIpc) is 2.79. The van der Waals surface area contributed by atoms with Gasteiger partial charge in [-0.15, -0.1) is 10.2 Å². The second-order valence-corrected chi connectivity index (χ2v) is 2.78. The third-order valence-corrected chi connectivity index (χ3v) is 1.82. The molecule has 0 aliphatic rings. The zero-order chi connectivity index (χ0) is 10.5. The number of H-pyrrole nitrogens is 1. The number of aromatic nitrogens is 2. The lowest BCUT2D eigenvalue weighted by Crippen LogP contribution is -1.81. The first-order chi connectivity index (χ1) is 7.40. The van der Waals surface area contributed by atoms with Crippen molar-refractivity contribution in [2.45, 2.75) is 0 Å². The minimum absolute atomic E-state index is 0.473. The number of nitrogens with one attached hydrogen (secondary N) is 1. The van der Waals surface area contributed by atoms with Crippen LogP contribution in [-0.2, 0) is 0 Å². The Kier molecular flexibility index (Phi) is 2.73. The maximum atomic E-state index is 5.13. The first-order valence-corrected chi connectivity index (χ1v) is 4.44. The van der Waals surface area contributed by atoms with Gasteiger partial charge in [-0.1, -0.05) is 12.1 Å². The predicted molar refractivity (Wildman–Crippen MR) is 55.8 cm³/mol. The molecule has 1 aromatic heterocycles. The summed E-state index contributed by atoms with van der Waals surface area (Å²) in [4.78, 5) is 6.76. The molecule has 0 aliphatic heterocycles. The van der Waals surface area contributed by atoms with Gasteiger partial charge < -0.3 is 9.72 Å². The maximum absolute atomic E-state index is 5.13. The van der Waals surface area contributed by atoms with E-state index < -0.39 is 0 Å². The average molecular weight is 202 g/mol. The molecule has 0 unspecified atom stereocenters. The minimum Gasteiger partial charge on any atom is -0.494 e. The van der Waals surface area contributed by atoms with Crippen LogP contribution in [0.1, 0.15) is 0 Å². The molecule has 0 saturated heterocycles. The van der Waals surface area contributed by atoms with E-state index in [1.807, 2.05) is 24.3 Å². The highest BCUT2D eigenvalue weighted by atomic mass is 16.5. The fourth-order valence-electron chi connectivity index (χ4n) is 1.13. The molecule has 0 amide bonds. The van der Waals surface area contributed by atoms with Crippen molar-refractivity contribution in [2.24, 2.45) is 10.2 Å². The number of hydrogen-bond donors (Lipinski definition) is 1. The zero-order valence-electron chi connectivity index (χ0n) is 8.21. The number of imidazole rings is 1. The highest BCUT2D eigenvalue weighted by Gasteiger charge is 1.99. The summed E-state index contributed by atoms with van der Waals surface area (Å²) in [6, 6.07) is 7.41. The summed E-state index contributed by atoms with van der Waals surface area (Å²) < 4.78 is 5.13. The fourth-order valence-corrected chi connectivity index (χ4v) is 1.13. The molecule has 2 rings (SSSR count). The Morgan fingerprint density at radius 1 is 1.27 bits per heavy atom. The first kappa shape index (κ1) is 9.39. The summed E-state index contributed by atoms with van der Waals surface area (Å²) in [6.07, 6.45) is 3.31. The van der Waals surface area contributed by atoms with Gasteiger partial charge in [-0.25, -0.2) is 4.98 Å². The van der Waals surface area contributed by atoms with Gasteiger partial charge in [0.2, 0.25) is 5.95 Å². The summed E-state index contributed by atoms with van der Waals surface area (Å²) in [5, 5.41) is 7.95. The van der Waals surface area contributed by atoms with E-state index >= 15 is 0 Å². The van der Waals surface area contributed by atoms with E-state index in [-0.39, 0.29) is 0 Å². The molecule has 5 nitrogen and oxygen atoms in total. The Morgan fingerprint density at radius 2 is 2.13 bits per heavy atom. The van der Waals surface area contributed by atoms with Gasteiger partial charge in [0.1, 0.15) is 11.4 Å². The topological polar surface area (TPSA) is 62.6 Å². The molecular formula is C10H10N4O. The molecular weight excluding hydrogens is 192 g/mol. The van der Waals surface area contributed by atoms with E-state index in [9.17, 15) is 0 Å². The van der Waals surface area contributed by atoms with E-state index in [0.29, 0.717) is 17.4 Å². The second-order valence-electron chi connectivity index (χ2n) is 2.78. The summed E-state index contributed by atoms with van der Waals surface area (Å²) in [6.45, 7) is 0. The van der Waals surface area contributed by atoms with Gasteiger partial charge >= 0.3 is 0 Å². The van der Waals surface area contributed by atoms with Gasteiger partial charge in [-0.05, 0) is 12.1 Å². The van der Waals surface area contributed by atoms with Crippen LogP contribution in [0, 0.1) is 0 Å². The molecule has 0 radical (unpaired) electrons. The van der Waals surface area contributed by atoms with Crippen LogP contribution in [0.25, 0.3) is 0 Å². The highest BCUT2D eigenvalue weighted by Crippen LogP contribution is 2.27. The number of nitrogens with zero attached hydrogens (tertiary/aromatic N) is 3. The van der Waals surface area contributed by atoms with E-state index in [1.165, 1.54) is 0 Å². The number of aromatic amines is 1. The quantitative estimate of drug-likeness (QED) is 0.778. The summed E-state index contributed by atoms with van der Waals surface area (Å²) in [5.74, 6) is 1.16. The maximum Gasteiger partial charge on any atom is 0.246 e. The molecule has 5 heteroatoms. The van der Waals surface area contributed by atoms with Crippen LogP contribution in [0.4, 0.5) is 11.6 Å². The molecule has 0 fully saturated rings. The molecule has 2 aromatic rings. The van der Waals surface area contributed by atoms with Crippen molar-refractivity contribution in [2.75, 3.05) is 7.11 Å². The number of benzene rings is 1. The standard InChI is InChI=1S/C10H10N4O/c1-15-9-5-3-2-4-8(9)13-14-10-11-6-7-12-10/h2-7H,1H3,(H,11,12). The Labute approximate surface area is 86.8 Å². The van der Waals surface area contributed by atoms with Gasteiger partial charge in [-0.2, -0.15) is 0 Å². The zero-order valence-corrected chi connectivity index (χ0v) is 8.21. The number of hydrogen-bond acceptors (Lipinski definition) is 4. The largest absolute Gasteiger partial charge is 0.494 e. The summed E-state index contributed by atoms with van der Waals surface area (Å²) >= 11 is 0. The molecule has 0 bridgehead atoms. The van der Waals surface area contributed by atoms with Crippen LogP contribution in [0.3, 0.4) is 0 Å². The lowest BCUT2D eigenvalue weighted by atomic mass is 10.3. The molecule has 0 aliphatic carbocycles. The van der Waals surface area contributed by atoms with Gasteiger partial charge in [0.25, 0.3) is 0 Å². The van der Waals surface area contributed by atoms with Gasteiger partial charge in [0, 0.05) is 12.4 Å². The van der Waals surface area contributed by atoms with E-state index in [2.05, 4.69) is 20.2 Å². The monoisotopic (exact) mass is 202 g/mol. The number of para-hydroxylation sites is 1. The third kappa shape index (κ3) is 2.19. The van der Waals surface area contributed by atoms with E-state index in [0.717, 1.165) is 0 Å². The number of ether oxygens (including phenoxy) is 1. The van der Waals surface area contributed by atoms with Crippen LogP contribution in [0.15, 0.2) is 46.9 Å². The summed E-state index contributed by atoms with van der Waals surface area (Å²) in [7, 11) is 1.60. The van der Waals surface area contributed by atoms with Gasteiger partial charge in [0.15, 0.2) is 0 Å². The first-order valence-electron chi connectivity index (χ1n) is 4.44. The van der Waals surface area contributed by atoms with Crippen LogP contribution in [-0.4, -0.2) is 17.1 Å². The van der Waals surface area contributed by atoms with E-state index in [4.69, 9.17) is 4.74 Å². The van der Waals surface area contributed by atoms with Crippen molar-refractivity contribution in [3.8, 4) is 5.75 Å². The van der Waals surface area contributed by atoms with Crippen molar-refractivity contribution in [3.05, 3.63) is 36.7 Å². The summed E-state index contributed by atoms with van der Waals surface area (Å²) in [5.41, 5.74) is 0.677. The smallest absolute Gasteiger partial charge is 0.246 e. The Morgan fingerprint density at radius 3 is 2.87 bits per heavy atom. The number of rotatable bonds is 3. The molecule has 76 valence electrons. The van der Waals surface area contributed by atoms with Crippen molar-refractivity contribution < 1.29 is 4.74 Å².